The van der Waals surface area contributed by atoms with E-state index in [1.54, 1.807) is 7.11 Å². The van der Waals surface area contributed by atoms with Gasteiger partial charge in [0.15, 0.2) is 0 Å². The Morgan fingerprint density at radius 3 is 3.05 bits per heavy atom. The highest BCUT2D eigenvalue weighted by atomic mass is 16.5. The summed E-state index contributed by atoms with van der Waals surface area (Å²) in [6.07, 6.45) is 3.37. The summed E-state index contributed by atoms with van der Waals surface area (Å²) in [5, 5.41) is 8.83. The van der Waals surface area contributed by atoms with Crippen LogP contribution < -0.4 is 4.74 Å². The zero-order valence-corrected chi connectivity index (χ0v) is 12.9. The molecular formula is C17H25NO3. The average molecular weight is 291 g/mol. The van der Waals surface area contributed by atoms with E-state index in [1.807, 2.05) is 12.1 Å². The van der Waals surface area contributed by atoms with E-state index in [2.05, 4.69) is 24.0 Å². The number of likely N-dealkylation sites (tertiary alicyclic amines) is 1. The fourth-order valence-electron chi connectivity index (χ4n) is 3.12. The minimum atomic E-state index is -0.687. The molecule has 1 fully saturated rings. The number of aliphatic carboxylic acids is 1. The first-order valence-electron chi connectivity index (χ1n) is 7.70. The lowest BCUT2D eigenvalue weighted by Gasteiger charge is -2.37. The van der Waals surface area contributed by atoms with Crippen LogP contribution in [0, 0.1) is 5.92 Å². The van der Waals surface area contributed by atoms with Crippen LogP contribution in [0.3, 0.4) is 0 Å². The first kappa shape index (κ1) is 15.8. The molecule has 1 aliphatic heterocycles. The highest BCUT2D eigenvalue weighted by molar-refractivity contribution is 5.66. The van der Waals surface area contributed by atoms with E-state index < -0.39 is 5.97 Å². The van der Waals surface area contributed by atoms with Crippen molar-refractivity contribution in [2.75, 3.05) is 20.2 Å². The lowest BCUT2D eigenvalue weighted by molar-refractivity contribution is -0.137. The Labute approximate surface area is 126 Å². The van der Waals surface area contributed by atoms with Gasteiger partial charge in [-0.1, -0.05) is 12.1 Å². The molecule has 2 rings (SSSR count). The zero-order valence-electron chi connectivity index (χ0n) is 12.9. The van der Waals surface area contributed by atoms with Crippen molar-refractivity contribution < 1.29 is 14.6 Å². The monoisotopic (exact) mass is 291 g/mol. The van der Waals surface area contributed by atoms with Gasteiger partial charge in [-0.3, -0.25) is 9.69 Å². The molecule has 0 aromatic heterocycles. The summed E-state index contributed by atoms with van der Waals surface area (Å²) in [5.74, 6) is 0.703. The number of carbonyl (C=O) groups is 1. The molecular weight excluding hydrogens is 266 g/mol. The van der Waals surface area contributed by atoms with Gasteiger partial charge >= 0.3 is 5.97 Å². The average Bonchev–Trinajstić information content (AvgIpc) is 2.52. The van der Waals surface area contributed by atoms with Gasteiger partial charge in [0, 0.05) is 19.0 Å². The van der Waals surface area contributed by atoms with E-state index in [1.165, 1.54) is 5.56 Å². The summed E-state index contributed by atoms with van der Waals surface area (Å²) in [6.45, 7) is 4.29. The maximum atomic E-state index is 10.7. The van der Waals surface area contributed by atoms with Crippen molar-refractivity contribution in [3.8, 4) is 5.75 Å². The van der Waals surface area contributed by atoms with Gasteiger partial charge in [-0.2, -0.15) is 0 Å². The number of nitrogens with zero attached hydrogens (tertiary/aromatic N) is 1. The van der Waals surface area contributed by atoms with Crippen LogP contribution >= 0.6 is 0 Å². The van der Waals surface area contributed by atoms with Gasteiger partial charge in [-0.25, -0.2) is 0 Å². The number of piperidine rings is 1. The van der Waals surface area contributed by atoms with E-state index in [9.17, 15) is 4.79 Å². The SMILES string of the molecule is COc1cccc(C(C)N2CCCC(CCC(=O)O)C2)c1. The van der Waals surface area contributed by atoms with Crippen LogP contribution in [0.25, 0.3) is 0 Å². The number of carboxylic acids is 1. The summed E-state index contributed by atoms with van der Waals surface area (Å²) in [7, 11) is 1.69. The molecule has 4 nitrogen and oxygen atoms in total. The number of hydrogen-bond acceptors (Lipinski definition) is 3. The molecule has 1 aromatic carbocycles. The second kappa shape index (κ2) is 7.46. The molecule has 1 N–H and O–H groups in total. The number of carboxylic acid groups (broad SMARTS) is 1. The Morgan fingerprint density at radius 2 is 2.33 bits per heavy atom. The molecule has 2 atom stereocenters. The van der Waals surface area contributed by atoms with Gasteiger partial charge in [0.25, 0.3) is 0 Å². The van der Waals surface area contributed by atoms with Crippen molar-refractivity contribution in [1.82, 2.24) is 4.90 Å². The highest BCUT2D eigenvalue weighted by Crippen LogP contribution is 2.29. The minimum absolute atomic E-state index is 0.284. The van der Waals surface area contributed by atoms with Crippen molar-refractivity contribution in [3.05, 3.63) is 29.8 Å². The summed E-state index contributed by atoms with van der Waals surface area (Å²) in [6, 6.07) is 8.55. The lowest BCUT2D eigenvalue weighted by Crippen LogP contribution is -2.37. The Balaban J connectivity index is 1.97. The van der Waals surface area contributed by atoms with Gasteiger partial charge in [0.05, 0.1) is 7.11 Å². The van der Waals surface area contributed by atoms with Crippen molar-refractivity contribution in [2.45, 2.75) is 38.6 Å². The van der Waals surface area contributed by atoms with Gasteiger partial charge in [0.1, 0.15) is 5.75 Å². The Hall–Kier alpha value is -1.55. The topological polar surface area (TPSA) is 49.8 Å². The smallest absolute Gasteiger partial charge is 0.303 e. The summed E-state index contributed by atoms with van der Waals surface area (Å²) < 4.78 is 5.29. The van der Waals surface area contributed by atoms with Crippen LogP contribution in [0.5, 0.6) is 5.75 Å². The second-order valence-electron chi connectivity index (χ2n) is 5.89. The van der Waals surface area contributed by atoms with E-state index in [-0.39, 0.29) is 6.42 Å². The number of benzene rings is 1. The Morgan fingerprint density at radius 1 is 1.52 bits per heavy atom. The predicted molar refractivity (Wildman–Crippen MR) is 82.6 cm³/mol. The van der Waals surface area contributed by atoms with Gasteiger partial charge in [-0.15, -0.1) is 0 Å². The zero-order chi connectivity index (χ0) is 15.2. The van der Waals surface area contributed by atoms with Crippen molar-refractivity contribution in [1.29, 1.82) is 0 Å². The molecule has 0 spiro atoms. The molecule has 2 unspecified atom stereocenters. The van der Waals surface area contributed by atoms with E-state index >= 15 is 0 Å². The number of ether oxygens (including phenoxy) is 1. The Kier molecular flexibility index (Phi) is 5.62. The molecule has 0 amide bonds. The normalized spacial score (nSPS) is 21.0. The summed E-state index contributed by atoms with van der Waals surface area (Å²) in [5.41, 5.74) is 1.26. The van der Waals surface area contributed by atoms with Crippen molar-refractivity contribution in [2.24, 2.45) is 5.92 Å². The van der Waals surface area contributed by atoms with E-state index in [4.69, 9.17) is 9.84 Å². The van der Waals surface area contributed by atoms with Crippen LogP contribution in [0.1, 0.15) is 44.2 Å². The fraction of sp³-hybridized carbons (Fsp3) is 0.588. The highest BCUT2D eigenvalue weighted by Gasteiger charge is 2.24. The van der Waals surface area contributed by atoms with Crippen LogP contribution in [-0.4, -0.2) is 36.2 Å². The van der Waals surface area contributed by atoms with Gasteiger partial charge in [-0.05, 0) is 56.3 Å². The third-order valence-corrected chi connectivity index (χ3v) is 4.44. The maximum absolute atomic E-state index is 10.7. The first-order valence-corrected chi connectivity index (χ1v) is 7.70. The van der Waals surface area contributed by atoms with Crippen molar-refractivity contribution in [3.63, 3.8) is 0 Å². The summed E-state index contributed by atoms with van der Waals surface area (Å²) >= 11 is 0. The molecule has 1 saturated heterocycles. The third kappa shape index (κ3) is 4.46. The number of hydrogen-bond donors (Lipinski definition) is 1. The molecule has 21 heavy (non-hydrogen) atoms. The van der Waals surface area contributed by atoms with Gasteiger partial charge < -0.3 is 9.84 Å². The number of rotatable bonds is 6. The van der Waals surface area contributed by atoms with Gasteiger partial charge in [0.2, 0.25) is 0 Å². The molecule has 0 radical (unpaired) electrons. The maximum Gasteiger partial charge on any atom is 0.303 e. The predicted octanol–water partition coefficient (Wildman–Crippen LogP) is 3.33. The molecule has 1 aliphatic rings. The molecule has 1 heterocycles. The van der Waals surface area contributed by atoms with E-state index in [0.717, 1.165) is 38.1 Å². The van der Waals surface area contributed by atoms with Crippen LogP contribution in [0.2, 0.25) is 0 Å². The standard InChI is InChI=1S/C17H25NO3/c1-13(15-6-3-7-16(11-15)21-2)18-10-4-5-14(12-18)8-9-17(19)20/h3,6-7,11,13-14H,4-5,8-10,12H2,1-2H3,(H,19,20). The Bertz CT molecular complexity index is 475. The quantitative estimate of drug-likeness (QED) is 0.873. The minimum Gasteiger partial charge on any atom is -0.497 e. The van der Waals surface area contributed by atoms with Crippen molar-refractivity contribution >= 4 is 5.97 Å². The van der Waals surface area contributed by atoms with Crippen LogP contribution in [-0.2, 0) is 4.79 Å². The number of methoxy groups -OCH3 is 1. The molecule has 116 valence electrons. The van der Waals surface area contributed by atoms with Crippen LogP contribution in [0.4, 0.5) is 0 Å². The van der Waals surface area contributed by atoms with Crippen LogP contribution in [0.15, 0.2) is 24.3 Å². The first-order chi connectivity index (χ1) is 10.1. The second-order valence-corrected chi connectivity index (χ2v) is 5.89. The largest absolute Gasteiger partial charge is 0.497 e. The summed E-state index contributed by atoms with van der Waals surface area (Å²) in [4.78, 5) is 13.2. The molecule has 0 bridgehead atoms. The third-order valence-electron chi connectivity index (χ3n) is 4.44. The van der Waals surface area contributed by atoms with E-state index in [0.29, 0.717) is 12.0 Å². The fourth-order valence-corrected chi connectivity index (χ4v) is 3.12. The lowest BCUT2D eigenvalue weighted by atomic mass is 9.91. The molecule has 0 saturated carbocycles. The molecule has 1 aromatic rings. The molecule has 0 aliphatic carbocycles. The molecule has 4 heteroatoms.